The highest BCUT2D eigenvalue weighted by atomic mass is 28.4. The Bertz CT molecular complexity index is 640. The van der Waals surface area contributed by atoms with E-state index in [2.05, 4.69) is 44.5 Å². The zero-order chi connectivity index (χ0) is 26.3. The van der Waals surface area contributed by atoms with Crippen LogP contribution in [0.4, 0.5) is 9.59 Å². The van der Waals surface area contributed by atoms with Crippen molar-refractivity contribution < 1.29 is 28.3 Å². The lowest BCUT2D eigenvalue weighted by molar-refractivity contribution is -0.121. The first-order chi connectivity index (χ1) is 14.6. The Morgan fingerprint density at radius 2 is 1.12 bits per heavy atom. The van der Waals surface area contributed by atoms with Crippen molar-refractivity contribution in [1.29, 1.82) is 0 Å². The van der Waals surface area contributed by atoms with Crippen LogP contribution in [0, 0.1) is 5.41 Å². The SMILES string of the molecule is CC(CNC(=O)OC(C)(C)C)(CNC(=O)OC(C)(C)C)CC(=O)CCO[Si](C)(C)C(C)(C)C. The molecule has 0 aliphatic heterocycles. The van der Waals surface area contributed by atoms with Crippen molar-refractivity contribution in [3.8, 4) is 0 Å². The molecule has 9 heteroatoms. The summed E-state index contributed by atoms with van der Waals surface area (Å²) in [5, 5.41) is 5.52. The molecule has 0 aliphatic carbocycles. The van der Waals surface area contributed by atoms with Crippen LogP contribution in [0.2, 0.25) is 18.1 Å². The van der Waals surface area contributed by atoms with Gasteiger partial charge in [-0.3, -0.25) is 4.79 Å². The highest BCUT2D eigenvalue weighted by Crippen LogP contribution is 2.36. The van der Waals surface area contributed by atoms with Crippen molar-refractivity contribution in [2.24, 2.45) is 5.41 Å². The number of alkyl carbamates (subject to hydrolysis) is 2. The smallest absolute Gasteiger partial charge is 0.407 e. The maximum Gasteiger partial charge on any atom is 0.407 e. The van der Waals surface area contributed by atoms with Crippen LogP contribution < -0.4 is 10.6 Å². The van der Waals surface area contributed by atoms with Crippen LogP contribution in [0.1, 0.15) is 82.1 Å². The zero-order valence-corrected chi connectivity index (χ0v) is 24.0. The third kappa shape index (κ3) is 14.3. The molecule has 0 aromatic rings. The Kier molecular flexibility index (Phi) is 11.1. The monoisotopic (exact) mass is 488 g/mol. The van der Waals surface area contributed by atoms with E-state index in [0.29, 0.717) is 6.61 Å². The van der Waals surface area contributed by atoms with Crippen molar-refractivity contribution in [2.45, 2.75) is 111 Å². The average Bonchev–Trinajstić information content (AvgIpc) is 2.54. The van der Waals surface area contributed by atoms with E-state index in [-0.39, 0.29) is 36.8 Å². The van der Waals surface area contributed by atoms with E-state index in [1.54, 1.807) is 41.5 Å². The number of carbonyl (C=O) groups is 3. The van der Waals surface area contributed by atoms with Crippen LogP contribution >= 0.6 is 0 Å². The minimum Gasteiger partial charge on any atom is -0.444 e. The molecule has 2 amide bonds. The summed E-state index contributed by atoms with van der Waals surface area (Å²) in [7, 11) is -1.94. The van der Waals surface area contributed by atoms with Gasteiger partial charge >= 0.3 is 12.2 Å². The average molecular weight is 489 g/mol. The zero-order valence-electron chi connectivity index (χ0n) is 23.0. The fraction of sp³-hybridized carbons (Fsp3) is 0.875. The molecule has 0 spiro atoms. The number of Topliss-reactive ketones (excluding diaryl/α,β-unsaturated/α-hetero) is 1. The van der Waals surface area contributed by atoms with Crippen LogP contribution in [0.25, 0.3) is 0 Å². The van der Waals surface area contributed by atoms with Gasteiger partial charge in [0.25, 0.3) is 0 Å². The molecule has 2 N–H and O–H groups in total. The molecular weight excluding hydrogens is 440 g/mol. The maximum atomic E-state index is 12.8. The van der Waals surface area contributed by atoms with E-state index in [0.717, 1.165) is 0 Å². The summed E-state index contributed by atoms with van der Waals surface area (Å²) < 4.78 is 16.7. The summed E-state index contributed by atoms with van der Waals surface area (Å²) in [6.45, 7) is 24.0. The molecule has 0 atom stereocenters. The van der Waals surface area contributed by atoms with Gasteiger partial charge in [-0.2, -0.15) is 0 Å². The van der Waals surface area contributed by atoms with Gasteiger partial charge in [-0.05, 0) is 59.7 Å². The van der Waals surface area contributed by atoms with E-state index in [9.17, 15) is 14.4 Å². The molecule has 33 heavy (non-hydrogen) atoms. The summed E-state index contributed by atoms with van der Waals surface area (Å²) in [5.74, 6) is 0.00758. The number of amides is 2. The Balaban J connectivity index is 5.10. The Morgan fingerprint density at radius 1 is 0.727 bits per heavy atom. The Hall–Kier alpha value is -1.61. The van der Waals surface area contributed by atoms with Gasteiger partial charge in [0.1, 0.15) is 17.0 Å². The van der Waals surface area contributed by atoms with Gasteiger partial charge in [0, 0.05) is 38.0 Å². The molecule has 0 saturated carbocycles. The van der Waals surface area contributed by atoms with E-state index in [1.165, 1.54) is 0 Å². The summed E-state index contributed by atoms with van der Waals surface area (Å²) >= 11 is 0. The summed E-state index contributed by atoms with van der Waals surface area (Å²) in [6.07, 6.45) is -0.695. The van der Waals surface area contributed by atoms with Crippen molar-refractivity contribution >= 4 is 26.3 Å². The normalized spacial score (nSPS) is 13.3. The first kappa shape index (κ1) is 31.4. The van der Waals surface area contributed by atoms with Gasteiger partial charge in [0.05, 0.1) is 0 Å². The van der Waals surface area contributed by atoms with Crippen LogP contribution in [-0.2, 0) is 18.7 Å². The topological polar surface area (TPSA) is 103 Å². The van der Waals surface area contributed by atoms with Gasteiger partial charge in [-0.25, -0.2) is 9.59 Å². The van der Waals surface area contributed by atoms with Crippen molar-refractivity contribution in [3.05, 3.63) is 0 Å². The third-order valence-electron chi connectivity index (χ3n) is 5.39. The van der Waals surface area contributed by atoms with Gasteiger partial charge in [-0.1, -0.05) is 27.7 Å². The lowest BCUT2D eigenvalue weighted by Crippen LogP contribution is -2.47. The number of hydrogen-bond donors (Lipinski definition) is 2. The number of ketones is 1. The maximum absolute atomic E-state index is 12.8. The first-order valence-electron chi connectivity index (χ1n) is 11.6. The Morgan fingerprint density at radius 3 is 1.45 bits per heavy atom. The quantitative estimate of drug-likeness (QED) is 0.398. The number of nitrogens with one attached hydrogen (secondary N) is 2. The van der Waals surface area contributed by atoms with Crippen molar-refractivity contribution in [1.82, 2.24) is 10.6 Å². The van der Waals surface area contributed by atoms with Gasteiger partial charge < -0.3 is 24.5 Å². The van der Waals surface area contributed by atoms with Gasteiger partial charge in [-0.15, -0.1) is 0 Å². The highest BCUT2D eigenvalue weighted by molar-refractivity contribution is 6.74. The molecule has 0 radical (unpaired) electrons. The minimum atomic E-state index is -1.94. The van der Waals surface area contributed by atoms with Crippen LogP contribution in [0.15, 0.2) is 0 Å². The Labute approximate surface area is 202 Å². The molecule has 0 rings (SSSR count). The van der Waals surface area contributed by atoms with Crippen molar-refractivity contribution in [3.63, 3.8) is 0 Å². The second-order valence-electron chi connectivity index (χ2n) is 12.6. The number of rotatable bonds is 10. The molecular formula is C24H48N2O6Si. The second kappa shape index (κ2) is 11.7. The predicted octanol–water partition coefficient (Wildman–Crippen LogP) is 5.41. The lowest BCUT2D eigenvalue weighted by Gasteiger charge is -2.36. The van der Waals surface area contributed by atoms with E-state index in [4.69, 9.17) is 13.9 Å². The fourth-order valence-electron chi connectivity index (χ4n) is 2.59. The standard InChI is InChI=1S/C24H48N2O6Si/c1-21(2,3)31-19(28)25-16-24(10,17-26-20(29)32-22(4,5)6)15-18(27)13-14-30-33(11,12)23(7,8)9/h13-17H2,1-12H3,(H,25,28)(H,26,29). The number of carbonyl (C=O) groups excluding carboxylic acids is 3. The molecule has 194 valence electrons. The summed E-state index contributed by atoms with van der Waals surface area (Å²) in [6, 6.07) is 0. The predicted molar refractivity (Wildman–Crippen MR) is 134 cm³/mol. The van der Waals surface area contributed by atoms with Crippen LogP contribution in [-0.4, -0.2) is 57.2 Å². The summed E-state index contributed by atoms with van der Waals surface area (Å²) in [4.78, 5) is 37.1. The molecule has 0 fully saturated rings. The first-order valence-corrected chi connectivity index (χ1v) is 14.6. The van der Waals surface area contributed by atoms with Crippen LogP contribution in [0.3, 0.4) is 0 Å². The molecule has 0 aromatic heterocycles. The molecule has 0 aliphatic rings. The van der Waals surface area contributed by atoms with Crippen molar-refractivity contribution in [2.75, 3.05) is 19.7 Å². The molecule has 0 unspecified atom stereocenters. The van der Waals surface area contributed by atoms with E-state index in [1.807, 2.05) is 6.92 Å². The van der Waals surface area contributed by atoms with E-state index < -0.39 is 37.1 Å². The highest BCUT2D eigenvalue weighted by Gasteiger charge is 2.37. The van der Waals surface area contributed by atoms with Gasteiger partial charge in [0.15, 0.2) is 8.32 Å². The third-order valence-corrected chi connectivity index (χ3v) is 9.93. The lowest BCUT2D eigenvalue weighted by atomic mass is 9.84. The molecule has 0 saturated heterocycles. The molecule has 0 aromatic carbocycles. The van der Waals surface area contributed by atoms with E-state index >= 15 is 0 Å². The molecule has 8 nitrogen and oxygen atoms in total. The molecule has 0 bridgehead atoms. The minimum absolute atomic E-state index is 0.00758. The van der Waals surface area contributed by atoms with Gasteiger partial charge in [0.2, 0.25) is 0 Å². The number of ether oxygens (including phenoxy) is 2. The second-order valence-corrected chi connectivity index (χ2v) is 17.4. The largest absolute Gasteiger partial charge is 0.444 e. The summed E-state index contributed by atoms with van der Waals surface area (Å²) in [5.41, 5.74) is -1.99. The fourth-order valence-corrected chi connectivity index (χ4v) is 3.63. The van der Waals surface area contributed by atoms with Crippen LogP contribution in [0.5, 0.6) is 0 Å². The molecule has 0 heterocycles. The number of hydrogen-bond acceptors (Lipinski definition) is 6.